The van der Waals surface area contributed by atoms with Crippen LogP contribution in [0.4, 0.5) is 4.39 Å². The Labute approximate surface area is 124 Å². The van der Waals surface area contributed by atoms with Gasteiger partial charge in [0.25, 0.3) is 0 Å². The summed E-state index contributed by atoms with van der Waals surface area (Å²) in [7, 11) is 0. The first-order valence-electron chi connectivity index (χ1n) is 6.20. The molecule has 104 valence electrons. The van der Waals surface area contributed by atoms with Crippen LogP contribution in [0.15, 0.2) is 54.7 Å². The zero-order chi connectivity index (χ0) is 14.7. The maximum absolute atomic E-state index is 12.9. The molecule has 1 heterocycles. The molecule has 21 heavy (non-hydrogen) atoms. The van der Waals surface area contributed by atoms with Crippen molar-refractivity contribution in [2.75, 3.05) is 0 Å². The normalized spacial score (nSPS) is 10.3. The van der Waals surface area contributed by atoms with Gasteiger partial charge in [-0.3, -0.25) is 4.79 Å². The highest BCUT2D eigenvalue weighted by Crippen LogP contribution is 2.35. The van der Waals surface area contributed by atoms with Gasteiger partial charge in [0.05, 0.1) is 4.88 Å². The Morgan fingerprint density at radius 1 is 1.10 bits per heavy atom. The van der Waals surface area contributed by atoms with E-state index in [1.54, 1.807) is 18.3 Å². The summed E-state index contributed by atoms with van der Waals surface area (Å²) in [5.74, 6) is 0.864. The van der Waals surface area contributed by atoms with E-state index < -0.39 is 0 Å². The van der Waals surface area contributed by atoms with Crippen LogP contribution in [0.1, 0.15) is 9.80 Å². The van der Waals surface area contributed by atoms with Gasteiger partial charge >= 0.3 is 0 Å². The number of hydrogen-bond donors (Lipinski definition) is 0. The molecule has 2 aromatic carbocycles. The summed E-state index contributed by atoms with van der Waals surface area (Å²) in [4.78, 5) is 15.6. The lowest BCUT2D eigenvalue weighted by atomic mass is 10.2. The minimum atomic E-state index is -0.311. The molecule has 0 amide bonds. The van der Waals surface area contributed by atoms with Crippen LogP contribution < -0.4 is 4.74 Å². The SMILES string of the molecule is O=Cc1ncc(-c2ccccc2Oc2ccc(F)cc2)s1. The van der Waals surface area contributed by atoms with Crippen molar-refractivity contribution in [2.45, 2.75) is 0 Å². The van der Waals surface area contributed by atoms with Gasteiger partial charge in [-0.2, -0.15) is 0 Å². The summed E-state index contributed by atoms with van der Waals surface area (Å²) >= 11 is 1.29. The van der Waals surface area contributed by atoms with Gasteiger partial charge < -0.3 is 4.74 Å². The van der Waals surface area contributed by atoms with E-state index in [9.17, 15) is 9.18 Å². The summed E-state index contributed by atoms with van der Waals surface area (Å²) < 4.78 is 18.7. The summed E-state index contributed by atoms with van der Waals surface area (Å²) in [5, 5.41) is 0.418. The Morgan fingerprint density at radius 2 is 1.86 bits per heavy atom. The average Bonchev–Trinajstić information content (AvgIpc) is 2.99. The smallest absolute Gasteiger partial charge is 0.178 e. The fourth-order valence-electron chi connectivity index (χ4n) is 1.86. The minimum Gasteiger partial charge on any atom is -0.457 e. The summed E-state index contributed by atoms with van der Waals surface area (Å²) in [6.45, 7) is 0. The molecule has 3 aromatic rings. The first kappa shape index (κ1) is 13.5. The summed E-state index contributed by atoms with van der Waals surface area (Å²) in [6.07, 6.45) is 2.36. The zero-order valence-electron chi connectivity index (χ0n) is 10.8. The Balaban J connectivity index is 1.95. The van der Waals surface area contributed by atoms with Crippen LogP contribution in [0.3, 0.4) is 0 Å². The van der Waals surface area contributed by atoms with Gasteiger partial charge in [-0.1, -0.05) is 12.1 Å². The highest BCUT2D eigenvalue weighted by atomic mass is 32.1. The predicted molar refractivity (Wildman–Crippen MR) is 79.4 cm³/mol. The number of aromatic nitrogens is 1. The zero-order valence-corrected chi connectivity index (χ0v) is 11.6. The van der Waals surface area contributed by atoms with E-state index in [2.05, 4.69) is 4.98 Å². The van der Waals surface area contributed by atoms with E-state index in [4.69, 9.17) is 4.74 Å². The predicted octanol–water partition coefficient (Wildman–Crippen LogP) is 4.55. The maximum Gasteiger partial charge on any atom is 0.178 e. The molecule has 0 aliphatic heterocycles. The van der Waals surface area contributed by atoms with Gasteiger partial charge in [-0.05, 0) is 36.4 Å². The lowest BCUT2D eigenvalue weighted by Gasteiger charge is -2.09. The summed E-state index contributed by atoms with van der Waals surface area (Å²) in [5.41, 5.74) is 0.840. The molecule has 3 nitrogen and oxygen atoms in total. The molecule has 3 rings (SSSR count). The number of thiazole rings is 1. The second kappa shape index (κ2) is 5.85. The van der Waals surface area contributed by atoms with E-state index in [0.717, 1.165) is 16.7 Å². The van der Waals surface area contributed by atoms with Crippen molar-refractivity contribution in [3.63, 3.8) is 0 Å². The van der Waals surface area contributed by atoms with Crippen LogP contribution in [-0.4, -0.2) is 11.3 Å². The third-order valence-electron chi connectivity index (χ3n) is 2.82. The van der Waals surface area contributed by atoms with Crippen LogP contribution in [0.25, 0.3) is 10.4 Å². The third kappa shape index (κ3) is 2.98. The number of nitrogens with zero attached hydrogens (tertiary/aromatic N) is 1. The second-order valence-electron chi connectivity index (χ2n) is 4.23. The van der Waals surface area contributed by atoms with Crippen molar-refractivity contribution in [2.24, 2.45) is 0 Å². The molecular weight excluding hydrogens is 289 g/mol. The lowest BCUT2D eigenvalue weighted by Crippen LogP contribution is -1.87. The largest absolute Gasteiger partial charge is 0.457 e. The highest BCUT2D eigenvalue weighted by Gasteiger charge is 2.10. The van der Waals surface area contributed by atoms with E-state index in [-0.39, 0.29) is 5.82 Å². The standard InChI is InChI=1S/C16H10FNO2S/c17-11-5-7-12(8-6-11)20-14-4-2-1-3-13(14)15-9-18-16(10-19)21-15/h1-10H. The Morgan fingerprint density at radius 3 is 2.57 bits per heavy atom. The molecular formula is C16H10FNO2S. The number of benzene rings is 2. The number of para-hydroxylation sites is 1. The average molecular weight is 299 g/mol. The van der Waals surface area contributed by atoms with E-state index >= 15 is 0 Å². The fourth-order valence-corrected chi connectivity index (χ4v) is 2.62. The van der Waals surface area contributed by atoms with Gasteiger partial charge in [0.2, 0.25) is 0 Å². The van der Waals surface area contributed by atoms with Gasteiger partial charge in [0.15, 0.2) is 11.3 Å². The van der Waals surface area contributed by atoms with Crippen molar-refractivity contribution in [3.05, 3.63) is 65.6 Å². The van der Waals surface area contributed by atoms with Crippen LogP contribution >= 0.6 is 11.3 Å². The summed E-state index contributed by atoms with van der Waals surface area (Å²) in [6, 6.07) is 13.3. The Hall–Kier alpha value is -2.53. The van der Waals surface area contributed by atoms with Crippen molar-refractivity contribution in [1.82, 2.24) is 4.98 Å². The molecule has 0 aliphatic rings. The van der Waals surface area contributed by atoms with Crippen molar-refractivity contribution in [3.8, 4) is 21.9 Å². The molecule has 0 N–H and O–H groups in total. The molecule has 0 spiro atoms. The number of aldehydes is 1. The van der Waals surface area contributed by atoms with Crippen LogP contribution in [0.2, 0.25) is 0 Å². The molecule has 1 aromatic heterocycles. The van der Waals surface area contributed by atoms with Crippen LogP contribution in [0.5, 0.6) is 11.5 Å². The van der Waals surface area contributed by atoms with Crippen molar-refractivity contribution in [1.29, 1.82) is 0 Å². The molecule has 0 aliphatic carbocycles. The quantitative estimate of drug-likeness (QED) is 0.663. The van der Waals surface area contributed by atoms with E-state index in [1.165, 1.54) is 23.5 Å². The van der Waals surface area contributed by atoms with Gasteiger partial charge in [0, 0.05) is 11.8 Å². The topological polar surface area (TPSA) is 39.2 Å². The minimum absolute atomic E-state index is 0.311. The molecule has 5 heteroatoms. The van der Waals surface area contributed by atoms with Gasteiger partial charge in [-0.15, -0.1) is 11.3 Å². The lowest BCUT2D eigenvalue weighted by molar-refractivity contribution is 0.112. The number of carbonyl (C=O) groups is 1. The Kier molecular flexibility index (Phi) is 3.75. The van der Waals surface area contributed by atoms with E-state index in [0.29, 0.717) is 16.5 Å². The molecule has 0 fully saturated rings. The fraction of sp³-hybridized carbons (Fsp3) is 0. The van der Waals surface area contributed by atoms with Crippen molar-refractivity contribution < 1.29 is 13.9 Å². The molecule has 0 atom stereocenters. The molecule has 0 saturated carbocycles. The van der Waals surface area contributed by atoms with Gasteiger partial charge in [0.1, 0.15) is 17.3 Å². The highest BCUT2D eigenvalue weighted by molar-refractivity contribution is 7.16. The number of carbonyl (C=O) groups excluding carboxylic acids is 1. The monoisotopic (exact) mass is 299 g/mol. The third-order valence-corrected chi connectivity index (χ3v) is 3.77. The van der Waals surface area contributed by atoms with Crippen molar-refractivity contribution >= 4 is 17.6 Å². The van der Waals surface area contributed by atoms with Gasteiger partial charge in [-0.25, -0.2) is 9.37 Å². The van der Waals surface area contributed by atoms with Crippen LogP contribution in [-0.2, 0) is 0 Å². The number of ether oxygens (including phenoxy) is 1. The Bertz CT molecular complexity index is 768. The molecule has 0 bridgehead atoms. The molecule has 0 radical (unpaired) electrons. The second-order valence-corrected chi connectivity index (χ2v) is 5.29. The van der Waals surface area contributed by atoms with Crippen LogP contribution in [0, 0.1) is 5.82 Å². The van der Waals surface area contributed by atoms with E-state index in [1.807, 2.05) is 24.3 Å². The number of halogens is 1. The first-order valence-corrected chi connectivity index (χ1v) is 7.02. The number of hydrogen-bond acceptors (Lipinski definition) is 4. The number of rotatable bonds is 4. The maximum atomic E-state index is 12.9. The first-order chi connectivity index (χ1) is 10.3. The molecule has 0 saturated heterocycles. The molecule has 0 unspecified atom stereocenters.